The zero-order chi connectivity index (χ0) is 7.98. The molecule has 2 unspecified atom stereocenters. The number of nitrogens with two attached hydrogens (primary N) is 2. The third kappa shape index (κ3) is 4.73. The van der Waals surface area contributed by atoms with Crippen LogP contribution in [0, 0.1) is 0 Å². The van der Waals surface area contributed by atoms with Gasteiger partial charge in [0.15, 0.2) is 0 Å². The first-order valence-electron chi connectivity index (χ1n) is 3.87. The van der Waals surface area contributed by atoms with Gasteiger partial charge in [-0.3, -0.25) is 0 Å². The first-order valence-corrected chi connectivity index (χ1v) is 3.87. The van der Waals surface area contributed by atoms with Crippen LogP contribution in [0.3, 0.4) is 0 Å². The van der Waals surface area contributed by atoms with Crippen LogP contribution in [0.2, 0.25) is 0 Å². The molecule has 0 aromatic rings. The maximum Gasteiger partial charge on any atom is 0.117 e. The molecule has 0 aromatic heterocycles. The third-order valence-corrected chi connectivity index (χ3v) is 1.58. The van der Waals surface area contributed by atoms with E-state index in [9.17, 15) is 0 Å². The molecule has 3 nitrogen and oxygen atoms in total. The molecule has 0 saturated heterocycles. The number of hydrogen-bond acceptors (Lipinski definition) is 3. The Balaban J connectivity index is 3.13. The van der Waals surface area contributed by atoms with Crippen molar-refractivity contribution in [2.75, 3.05) is 0 Å². The molecule has 10 heavy (non-hydrogen) atoms. The zero-order valence-electron chi connectivity index (χ0n) is 6.59. The largest absolute Gasteiger partial charge is 0.377 e. The fourth-order valence-electron chi connectivity index (χ4n) is 0.801. The second-order valence-corrected chi connectivity index (χ2v) is 2.65. The van der Waals surface area contributed by atoms with Crippen molar-refractivity contribution in [3.05, 3.63) is 0 Å². The summed E-state index contributed by atoms with van der Waals surface area (Å²) >= 11 is 0. The van der Waals surface area contributed by atoms with E-state index in [2.05, 4.69) is 6.92 Å². The summed E-state index contributed by atoms with van der Waals surface area (Å²) in [4.78, 5) is 0. The van der Waals surface area contributed by atoms with Gasteiger partial charge in [-0.2, -0.15) is 0 Å². The van der Waals surface area contributed by atoms with E-state index in [1.165, 1.54) is 12.8 Å². The molecule has 0 aliphatic rings. The van der Waals surface area contributed by atoms with Crippen LogP contribution in [0.1, 0.15) is 32.6 Å². The van der Waals surface area contributed by atoms with Gasteiger partial charge in [-0.15, -0.1) is 0 Å². The summed E-state index contributed by atoms with van der Waals surface area (Å²) in [6, 6.07) is -0.244. The Morgan fingerprint density at radius 1 is 1.30 bits per heavy atom. The van der Waals surface area contributed by atoms with E-state index in [1.54, 1.807) is 0 Å². The van der Waals surface area contributed by atoms with Crippen LogP contribution in [0.4, 0.5) is 0 Å². The molecule has 0 aromatic carbocycles. The van der Waals surface area contributed by atoms with Gasteiger partial charge in [0.25, 0.3) is 0 Å². The van der Waals surface area contributed by atoms with E-state index in [0.29, 0.717) is 0 Å². The Bertz CT molecular complexity index is 76.0. The highest BCUT2D eigenvalue weighted by Crippen LogP contribution is 2.02. The van der Waals surface area contributed by atoms with Crippen molar-refractivity contribution in [2.45, 2.75) is 44.9 Å². The predicted molar refractivity (Wildman–Crippen MR) is 42.3 cm³/mol. The maximum atomic E-state index is 8.77. The van der Waals surface area contributed by atoms with Gasteiger partial charge in [-0.05, 0) is 6.42 Å². The molecule has 0 aliphatic carbocycles. The van der Waals surface area contributed by atoms with Gasteiger partial charge < -0.3 is 16.6 Å². The van der Waals surface area contributed by atoms with Gasteiger partial charge in [0.2, 0.25) is 0 Å². The van der Waals surface area contributed by atoms with E-state index in [4.69, 9.17) is 16.6 Å². The monoisotopic (exact) mass is 146 g/mol. The molecule has 0 rings (SSSR count). The van der Waals surface area contributed by atoms with E-state index < -0.39 is 6.23 Å². The van der Waals surface area contributed by atoms with Crippen LogP contribution in [0.5, 0.6) is 0 Å². The highest BCUT2D eigenvalue weighted by atomic mass is 16.3. The van der Waals surface area contributed by atoms with Gasteiger partial charge >= 0.3 is 0 Å². The van der Waals surface area contributed by atoms with Crippen molar-refractivity contribution in [1.82, 2.24) is 0 Å². The summed E-state index contributed by atoms with van der Waals surface area (Å²) in [5.74, 6) is 0. The summed E-state index contributed by atoms with van der Waals surface area (Å²) < 4.78 is 0. The first kappa shape index (κ1) is 9.88. The fraction of sp³-hybridized carbons (Fsp3) is 1.00. The lowest BCUT2D eigenvalue weighted by Gasteiger charge is -2.13. The third-order valence-electron chi connectivity index (χ3n) is 1.58. The Morgan fingerprint density at radius 2 is 1.90 bits per heavy atom. The van der Waals surface area contributed by atoms with E-state index in [-0.39, 0.29) is 6.04 Å². The SMILES string of the molecule is CCCCCC(N)C(N)O. The van der Waals surface area contributed by atoms with E-state index >= 15 is 0 Å². The fourth-order valence-corrected chi connectivity index (χ4v) is 0.801. The molecule has 0 fully saturated rings. The Morgan fingerprint density at radius 3 is 2.30 bits per heavy atom. The average molecular weight is 146 g/mol. The second kappa shape index (κ2) is 5.65. The predicted octanol–water partition coefficient (Wildman–Crippen LogP) is 0.171. The standard InChI is InChI=1S/C7H18N2O/c1-2-3-4-5-6(8)7(9)10/h6-7,10H,2-5,8-9H2,1H3. The highest BCUT2D eigenvalue weighted by molar-refractivity contribution is 4.65. The Labute approximate surface area is 62.4 Å². The Hall–Kier alpha value is -0.120. The lowest BCUT2D eigenvalue weighted by Crippen LogP contribution is -2.40. The minimum absolute atomic E-state index is 0.244. The van der Waals surface area contributed by atoms with Gasteiger partial charge in [-0.1, -0.05) is 26.2 Å². The molecule has 0 heterocycles. The smallest absolute Gasteiger partial charge is 0.117 e. The van der Waals surface area contributed by atoms with Crippen molar-refractivity contribution in [3.63, 3.8) is 0 Å². The van der Waals surface area contributed by atoms with E-state index in [0.717, 1.165) is 12.8 Å². The maximum absolute atomic E-state index is 8.77. The van der Waals surface area contributed by atoms with Gasteiger partial charge in [0.05, 0.1) is 0 Å². The minimum Gasteiger partial charge on any atom is -0.377 e. The van der Waals surface area contributed by atoms with Crippen molar-refractivity contribution < 1.29 is 5.11 Å². The Kier molecular flexibility index (Phi) is 5.58. The molecule has 0 spiro atoms. The quantitative estimate of drug-likeness (QED) is 0.382. The first-order chi connectivity index (χ1) is 4.68. The van der Waals surface area contributed by atoms with Crippen LogP contribution in [0.25, 0.3) is 0 Å². The van der Waals surface area contributed by atoms with Gasteiger partial charge in [-0.25, -0.2) is 0 Å². The summed E-state index contributed by atoms with van der Waals surface area (Å²) in [7, 11) is 0. The molecule has 2 atom stereocenters. The molecule has 0 amide bonds. The van der Waals surface area contributed by atoms with Crippen molar-refractivity contribution in [3.8, 4) is 0 Å². The number of hydrogen-bond donors (Lipinski definition) is 3. The number of unbranched alkanes of at least 4 members (excludes halogenated alkanes) is 2. The normalized spacial score (nSPS) is 16.8. The zero-order valence-corrected chi connectivity index (χ0v) is 6.59. The van der Waals surface area contributed by atoms with Crippen molar-refractivity contribution in [1.29, 1.82) is 0 Å². The molecule has 0 radical (unpaired) electrons. The minimum atomic E-state index is -0.850. The van der Waals surface area contributed by atoms with Crippen molar-refractivity contribution in [2.24, 2.45) is 11.5 Å². The molecule has 0 saturated carbocycles. The number of rotatable bonds is 5. The highest BCUT2D eigenvalue weighted by Gasteiger charge is 2.07. The lowest BCUT2D eigenvalue weighted by atomic mass is 10.1. The van der Waals surface area contributed by atoms with Gasteiger partial charge in [0.1, 0.15) is 6.23 Å². The molecular weight excluding hydrogens is 128 g/mol. The molecule has 5 N–H and O–H groups in total. The second-order valence-electron chi connectivity index (χ2n) is 2.65. The van der Waals surface area contributed by atoms with Crippen LogP contribution >= 0.6 is 0 Å². The summed E-state index contributed by atoms with van der Waals surface area (Å²) in [6.45, 7) is 2.13. The molecular formula is C7H18N2O. The number of aliphatic hydroxyl groups excluding tert-OH is 1. The molecule has 0 aliphatic heterocycles. The molecule has 3 heteroatoms. The topological polar surface area (TPSA) is 72.3 Å². The van der Waals surface area contributed by atoms with Crippen molar-refractivity contribution >= 4 is 0 Å². The number of aliphatic hydroxyl groups is 1. The average Bonchev–Trinajstić information content (AvgIpc) is 1.88. The summed E-state index contributed by atoms with van der Waals surface area (Å²) in [5, 5.41) is 8.77. The van der Waals surface area contributed by atoms with Gasteiger partial charge in [0, 0.05) is 6.04 Å². The van der Waals surface area contributed by atoms with E-state index in [1.807, 2.05) is 0 Å². The van der Waals surface area contributed by atoms with Crippen LogP contribution in [-0.2, 0) is 0 Å². The molecule has 0 bridgehead atoms. The summed E-state index contributed by atoms with van der Waals surface area (Å²) in [5.41, 5.74) is 10.6. The lowest BCUT2D eigenvalue weighted by molar-refractivity contribution is 0.146. The van der Waals surface area contributed by atoms with Crippen LogP contribution < -0.4 is 11.5 Å². The summed E-state index contributed by atoms with van der Waals surface area (Å²) in [6.07, 6.45) is 3.38. The van der Waals surface area contributed by atoms with Crippen LogP contribution in [0.15, 0.2) is 0 Å². The molecule has 62 valence electrons. The van der Waals surface area contributed by atoms with Crippen LogP contribution in [-0.4, -0.2) is 17.4 Å².